The van der Waals surface area contributed by atoms with Gasteiger partial charge in [-0.2, -0.15) is 0 Å². The minimum Gasteiger partial charge on any atom is -0.314 e. The molecule has 0 amide bonds. The summed E-state index contributed by atoms with van der Waals surface area (Å²) < 4.78 is 22.2. The molecule has 0 heterocycles. The van der Waals surface area contributed by atoms with Crippen molar-refractivity contribution < 1.29 is 8.42 Å². The summed E-state index contributed by atoms with van der Waals surface area (Å²) in [6, 6.07) is 0.750. The van der Waals surface area contributed by atoms with Crippen LogP contribution >= 0.6 is 0 Å². The van der Waals surface area contributed by atoms with E-state index in [4.69, 9.17) is 0 Å². The van der Waals surface area contributed by atoms with Gasteiger partial charge in [-0.3, -0.25) is 0 Å². The van der Waals surface area contributed by atoms with Crippen LogP contribution in [-0.2, 0) is 9.84 Å². The predicted octanol–water partition coefficient (Wildman–Crippen LogP) is 2.23. The van der Waals surface area contributed by atoms with Crippen LogP contribution in [0, 0.1) is 11.8 Å². The highest BCUT2D eigenvalue weighted by Gasteiger charge is 2.22. The second-order valence-electron chi connectivity index (χ2n) is 5.95. The molecule has 0 aromatic heterocycles. The number of rotatable bonds is 9. The fourth-order valence-corrected chi connectivity index (χ4v) is 2.92. The molecule has 1 aliphatic rings. The van der Waals surface area contributed by atoms with Crippen molar-refractivity contribution in [3.8, 4) is 0 Å². The minimum atomic E-state index is -2.79. The largest absolute Gasteiger partial charge is 0.314 e. The third-order valence-corrected chi connectivity index (χ3v) is 4.24. The summed E-state index contributed by atoms with van der Waals surface area (Å²) in [4.78, 5) is 0. The fraction of sp³-hybridized carbons (Fsp3) is 1.00. The number of sulfone groups is 1. The van der Waals surface area contributed by atoms with Crippen molar-refractivity contribution in [2.45, 2.75) is 52.0 Å². The van der Waals surface area contributed by atoms with E-state index in [0.717, 1.165) is 25.4 Å². The highest BCUT2D eigenvalue weighted by Crippen LogP contribution is 2.22. The topological polar surface area (TPSA) is 46.2 Å². The molecule has 1 unspecified atom stereocenters. The smallest absolute Gasteiger partial charge is 0.147 e. The third kappa shape index (κ3) is 8.61. The Kier molecular flexibility index (Phi) is 5.93. The maximum atomic E-state index is 11.1. The molecule has 0 radical (unpaired) electrons. The van der Waals surface area contributed by atoms with Crippen LogP contribution in [0.4, 0.5) is 0 Å². The SMILES string of the molecule is CC(C)CC(CCCS(C)(=O)=O)CNC1CC1. The highest BCUT2D eigenvalue weighted by molar-refractivity contribution is 7.90. The van der Waals surface area contributed by atoms with Crippen molar-refractivity contribution in [3.63, 3.8) is 0 Å². The van der Waals surface area contributed by atoms with Crippen molar-refractivity contribution in [1.82, 2.24) is 5.32 Å². The first kappa shape index (κ1) is 15.0. The molecule has 1 saturated carbocycles. The summed E-state index contributed by atoms with van der Waals surface area (Å²) in [5, 5.41) is 3.56. The van der Waals surface area contributed by atoms with Gasteiger partial charge in [0.05, 0.1) is 0 Å². The van der Waals surface area contributed by atoms with Gasteiger partial charge in [0.25, 0.3) is 0 Å². The lowest BCUT2D eigenvalue weighted by Gasteiger charge is -2.19. The Hall–Kier alpha value is -0.0900. The second-order valence-corrected chi connectivity index (χ2v) is 8.21. The Morgan fingerprint density at radius 3 is 2.41 bits per heavy atom. The highest BCUT2D eigenvalue weighted by atomic mass is 32.2. The van der Waals surface area contributed by atoms with E-state index in [2.05, 4.69) is 19.2 Å². The fourth-order valence-electron chi connectivity index (χ4n) is 2.22. The summed E-state index contributed by atoms with van der Waals surface area (Å²) in [5.74, 6) is 1.67. The quantitative estimate of drug-likeness (QED) is 0.692. The predicted molar refractivity (Wildman–Crippen MR) is 72.9 cm³/mol. The first-order valence-corrected chi connectivity index (χ1v) is 8.84. The molecule has 17 heavy (non-hydrogen) atoms. The molecule has 102 valence electrons. The van der Waals surface area contributed by atoms with Crippen LogP contribution in [0.5, 0.6) is 0 Å². The summed E-state index contributed by atoms with van der Waals surface area (Å²) in [5.41, 5.74) is 0. The van der Waals surface area contributed by atoms with E-state index in [9.17, 15) is 8.42 Å². The van der Waals surface area contributed by atoms with E-state index in [-0.39, 0.29) is 0 Å². The van der Waals surface area contributed by atoms with Gasteiger partial charge in [-0.15, -0.1) is 0 Å². The van der Waals surface area contributed by atoms with Crippen molar-refractivity contribution >= 4 is 9.84 Å². The van der Waals surface area contributed by atoms with Crippen molar-refractivity contribution in [1.29, 1.82) is 0 Å². The monoisotopic (exact) mass is 261 g/mol. The molecular formula is C13H27NO2S. The molecule has 0 aromatic carbocycles. The number of hydrogen-bond donors (Lipinski definition) is 1. The lowest BCUT2D eigenvalue weighted by molar-refractivity contribution is 0.363. The maximum Gasteiger partial charge on any atom is 0.147 e. The maximum absolute atomic E-state index is 11.1. The van der Waals surface area contributed by atoms with Crippen LogP contribution in [0.25, 0.3) is 0 Å². The molecule has 1 atom stereocenters. The van der Waals surface area contributed by atoms with Crippen molar-refractivity contribution in [2.75, 3.05) is 18.6 Å². The molecule has 0 spiro atoms. The van der Waals surface area contributed by atoms with E-state index >= 15 is 0 Å². The molecule has 0 aliphatic heterocycles. The normalized spacial score (nSPS) is 18.6. The lowest BCUT2D eigenvalue weighted by atomic mass is 9.93. The molecule has 0 saturated heterocycles. The van der Waals surface area contributed by atoms with Gasteiger partial charge in [-0.1, -0.05) is 13.8 Å². The first-order valence-electron chi connectivity index (χ1n) is 6.78. The summed E-state index contributed by atoms with van der Waals surface area (Å²) in [7, 11) is -2.79. The van der Waals surface area contributed by atoms with Crippen molar-refractivity contribution in [3.05, 3.63) is 0 Å². The minimum absolute atomic E-state index is 0.338. The van der Waals surface area contributed by atoms with Crippen molar-refractivity contribution in [2.24, 2.45) is 11.8 Å². The molecule has 4 heteroatoms. The van der Waals surface area contributed by atoms with Crippen LogP contribution in [0.1, 0.15) is 46.0 Å². The van der Waals surface area contributed by atoms with Crippen LogP contribution in [0.2, 0.25) is 0 Å². The Morgan fingerprint density at radius 1 is 1.29 bits per heavy atom. The van der Waals surface area contributed by atoms with E-state index < -0.39 is 9.84 Å². The van der Waals surface area contributed by atoms with Gasteiger partial charge >= 0.3 is 0 Å². The van der Waals surface area contributed by atoms with Gasteiger partial charge in [0, 0.05) is 18.1 Å². The summed E-state index contributed by atoms with van der Waals surface area (Å²) in [6.45, 7) is 5.54. The molecule has 0 bridgehead atoms. The molecule has 0 aromatic rings. The van der Waals surface area contributed by atoms with Gasteiger partial charge in [0.1, 0.15) is 9.84 Å². The van der Waals surface area contributed by atoms with Crippen LogP contribution in [0.3, 0.4) is 0 Å². The number of nitrogens with one attached hydrogen (secondary N) is 1. The van der Waals surface area contributed by atoms with Crippen LogP contribution in [-0.4, -0.2) is 33.0 Å². The molecule has 1 rings (SSSR count). The van der Waals surface area contributed by atoms with Crippen LogP contribution < -0.4 is 5.32 Å². The Labute approximate surface area is 106 Å². The Morgan fingerprint density at radius 2 is 1.94 bits per heavy atom. The first-order chi connectivity index (χ1) is 7.87. The summed E-state index contributed by atoms with van der Waals surface area (Å²) in [6.07, 6.45) is 7.00. The van der Waals surface area contributed by atoms with Gasteiger partial charge < -0.3 is 5.32 Å². The average Bonchev–Trinajstić information content (AvgIpc) is 2.94. The van der Waals surface area contributed by atoms with Gasteiger partial charge in [-0.05, 0) is 50.5 Å². The van der Waals surface area contributed by atoms with Gasteiger partial charge in [-0.25, -0.2) is 8.42 Å². The van der Waals surface area contributed by atoms with E-state index in [1.54, 1.807) is 0 Å². The zero-order chi connectivity index (χ0) is 12.9. The Bertz CT molecular complexity index is 307. The zero-order valence-corrected chi connectivity index (χ0v) is 12.2. The average molecular weight is 261 g/mol. The molecule has 1 aliphatic carbocycles. The zero-order valence-electron chi connectivity index (χ0n) is 11.4. The number of hydrogen-bond acceptors (Lipinski definition) is 3. The lowest BCUT2D eigenvalue weighted by Crippen LogP contribution is -2.26. The molecule has 3 nitrogen and oxygen atoms in total. The molecular weight excluding hydrogens is 234 g/mol. The van der Waals surface area contributed by atoms with E-state index in [1.807, 2.05) is 0 Å². The van der Waals surface area contributed by atoms with E-state index in [1.165, 1.54) is 25.5 Å². The molecule has 1 N–H and O–H groups in total. The third-order valence-electron chi connectivity index (χ3n) is 3.20. The Balaban J connectivity index is 2.23. The summed E-state index contributed by atoms with van der Waals surface area (Å²) >= 11 is 0. The second kappa shape index (κ2) is 6.74. The van der Waals surface area contributed by atoms with Gasteiger partial charge in [0.2, 0.25) is 0 Å². The van der Waals surface area contributed by atoms with E-state index in [0.29, 0.717) is 17.6 Å². The van der Waals surface area contributed by atoms with Crippen LogP contribution in [0.15, 0.2) is 0 Å². The standard InChI is InChI=1S/C13H27NO2S/c1-11(2)9-12(10-14-13-6-7-13)5-4-8-17(3,15)16/h11-14H,4-10H2,1-3H3. The van der Waals surface area contributed by atoms with Gasteiger partial charge in [0.15, 0.2) is 0 Å². The molecule has 1 fully saturated rings.